The summed E-state index contributed by atoms with van der Waals surface area (Å²) in [5.41, 5.74) is 9.65. The topological polar surface area (TPSA) is 51.8 Å². The van der Waals surface area contributed by atoms with Gasteiger partial charge in [0.25, 0.3) is 0 Å². The molecule has 4 heteroatoms. The van der Waals surface area contributed by atoms with Crippen LogP contribution in [0, 0.1) is 6.92 Å². The molecule has 104 valence electrons. The van der Waals surface area contributed by atoms with Crippen molar-refractivity contribution >= 4 is 17.4 Å². The zero-order valence-corrected chi connectivity index (χ0v) is 12.3. The maximum atomic E-state index is 6.05. The Morgan fingerprint density at radius 1 is 0.905 bits per heavy atom. The molecule has 0 saturated carbocycles. The van der Waals surface area contributed by atoms with Crippen LogP contribution in [0.1, 0.15) is 5.56 Å². The zero-order valence-electron chi connectivity index (χ0n) is 11.5. The van der Waals surface area contributed by atoms with Gasteiger partial charge in [0.15, 0.2) is 5.82 Å². The van der Waals surface area contributed by atoms with Gasteiger partial charge in [-0.25, -0.2) is 9.97 Å². The molecule has 3 aromatic rings. The minimum absolute atomic E-state index is 0.485. The molecule has 3 nitrogen and oxygen atoms in total. The third-order valence-electron chi connectivity index (χ3n) is 3.31. The molecule has 0 spiro atoms. The number of nitrogens with zero attached hydrogens (tertiary/aromatic N) is 2. The van der Waals surface area contributed by atoms with E-state index in [1.54, 1.807) is 0 Å². The highest BCUT2D eigenvalue weighted by Gasteiger charge is 2.12. The van der Waals surface area contributed by atoms with Crippen molar-refractivity contribution < 1.29 is 0 Å². The molecule has 0 aliphatic carbocycles. The normalized spacial score (nSPS) is 10.6. The van der Waals surface area contributed by atoms with E-state index >= 15 is 0 Å². The predicted molar refractivity (Wildman–Crippen MR) is 87.1 cm³/mol. The molecule has 0 atom stereocenters. The first kappa shape index (κ1) is 13.6. The van der Waals surface area contributed by atoms with E-state index in [0.717, 1.165) is 22.4 Å². The van der Waals surface area contributed by atoms with Crippen LogP contribution in [-0.4, -0.2) is 9.97 Å². The van der Waals surface area contributed by atoms with Gasteiger partial charge in [0, 0.05) is 21.7 Å². The maximum absolute atomic E-state index is 6.05. The van der Waals surface area contributed by atoms with Gasteiger partial charge in [-0.3, -0.25) is 0 Å². The summed E-state index contributed by atoms with van der Waals surface area (Å²) in [6.07, 6.45) is 0. The van der Waals surface area contributed by atoms with Gasteiger partial charge in [0.2, 0.25) is 0 Å². The Kier molecular flexibility index (Phi) is 3.59. The fourth-order valence-electron chi connectivity index (χ4n) is 2.17. The largest absolute Gasteiger partial charge is 0.383 e. The predicted octanol–water partition coefficient (Wildman–Crippen LogP) is 4.35. The summed E-state index contributed by atoms with van der Waals surface area (Å²) in [4.78, 5) is 9.04. The van der Waals surface area contributed by atoms with E-state index < -0.39 is 0 Å². The van der Waals surface area contributed by atoms with E-state index in [0.29, 0.717) is 16.7 Å². The Morgan fingerprint density at radius 3 is 2.33 bits per heavy atom. The quantitative estimate of drug-likeness (QED) is 0.764. The molecule has 0 bridgehead atoms. The van der Waals surface area contributed by atoms with Crippen LogP contribution in [0.3, 0.4) is 0 Å². The Morgan fingerprint density at radius 2 is 1.62 bits per heavy atom. The van der Waals surface area contributed by atoms with Crippen LogP contribution in [-0.2, 0) is 0 Å². The molecule has 2 aromatic carbocycles. The number of aromatic nitrogens is 2. The zero-order chi connectivity index (χ0) is 14.8. The van der Waals surface area contributed by atoms with Crippen LogP contribution >= 0.6 is 11.6 Å². The van der Waals surface area contributed by atoms with Gasteiger partial charge in [-0.15, -0.1) is 0 Å². The van der Waals surface area contributed by atoms with E-state index in [1.807, 2.05) is 61.5 Å². The van der Waals surface area contributed by atoms with Gasteiger partial charge in [-0.2, -0.15) is 0 Å². The molecule has 0 fully saturated rings. The van der Waals surface area contributed by atoms with Crippen molar-refractivity contribution in [1.29, 1.82) is 0 Å². The van der Waals surface area contributed by atoms with Gasteiger partial charge in [-0.1, -0.05) is 54.1 Å². The maximum Gasteiger partial charge on any atom is 0.162 e. The van der Waals surface area contributed by atoms with E-state index in [4.69, 9.17) is 17.3 Å². The lowest BCUT2D eigenvalue weighted by atomic mass is 10.1. The monoisotopic (exact) mass is 295 g/mol. The van der Waals surface area contributed by atoms with E-state index in [1.165, 1.54) is 0 Å². The molecule has 0 aliphatic rings. The fourth-order valence-corrected chi connectivity index (χ4v) is 2.36. The Hall–Kier alpha value is -2.39. The molecule has 21 heavy (non-hydrogen) atoms. The fraction of sp³-hybridized carbons (Fsp3) is 0.0588. The molecular formula is C17H14ClN3. The van der Waals surface area contributed by atoms with Crippen LogP contribution in [0.2, 0.25) is 5.02 Å². The summed E-state index contributed by atoms with van der Waals surface area (Å²) in [5.74, 6) is 1.07. The summed E-state index contributed by atoms with van der Waals surface area (Å²) < 4.78 is 0. The lowest BCUT2D eigenvalue weighted by molar-refractivity contribution is 1.15. The third-order valence-corrected chi connectivity index (χ3v) is 3.55. The lowest BCUT2D eigenvalue weighted by Gasteiger charge is -2.10. The molecule has 1 aromatic heterocycles. The number of nitrogens with two attached hydrogens (primary N) is 1. The van der Waals surface area contributed by atoms with Gasteiger partial charge < -0.3 is 5.73 Å². The van der Waals surface area contributed by atoms with Crippen molar-refractivity contribution in [2.24, 2.45) is 0 Å². The first-order valence-corrected chi connectivity index (χ1v) is 6.98. The van der Waals surface area contributed by atoms with Gasteiger partial charge in [-0.05, 0) is 19.1 Å². The number of nitrogen functional groups attached to an aromatic ring is 1. The summed E-state index contributed by atoms with van der Waals surface area (Å²) in [5, 5.41) is 0.650. The summed E-state index contributed by atoms with van der Waals surface area (Å²) >= 11 is 6.04. The lowest BCUT2D eigenvalue weighted by Crippen LogP contribution is -2.02. The SMILES string of the molecule is Cc1c(N)nc(-c2cccc(Cl)c2)nc1-c1ccccc1. The number of rotatable bonds is 2. The highest BCUT2D eigenvalue weighted by atomic mass is 35.5. The summed E-state index contributed by atoms with van der Waals surface area (Å²) in [6, 6.07) is 17.4. The Bertz CT molecular complexity index is 785. The molecule has 0 amide bonds. The molecule has 0 radical (unpaired) electrons. The molecular weight excluding hydrogens is 282 g/mol. The molecule has 3 rings (SSSR count). The second kappa shape index (κ2) is 5.54. The van der Waals surface area contributed by atoms with Gasteiger partial charge >= 0.3 is 0 Å². The first-order chi connectivity index (χ1) is 10.1. The van der Waals surface area contributed by atoms with Crippen LogP contribution < -0.4 is 5.73 Å². The number of hydrogen-bond donors (Lipinski definition) is 1. The number of halogens is 1. The highest BCUT2D eigenvalue weighted by molar-refractivity contribution is 6.30. The smallest absolute Gasteiger partial charge is 0.162 e. The second-order valence-electron chi connectivity index (χ2n) is 4.78. The molecule has 0 saturated heterocycles. The van der Waals surface area contributed by atoms with E-state index in [2.05, 4.69) is 9.97 Å². The standard InChI is InChI=1S/C17H14ClN3/c1-11-15(12-6-3-2-4-7-12)20-17(21-16(11)19)13-8-5-9-14(18)10-13/h2-10H,1H3,(H2,19,20,21). The first-order valence-electron chi connectivity index (χ1n) is 6.60. The molecule has 0 aliphatic heterocycles. The van der Waals surface area contributed by atoms with Crippen molar-refractivity contribution in [1.82, 2.24) is 9.97 Å². The summed E-state index contributed by atoms with van der Waals surface area (Å²) in [6.45, 7) is 1.93. The third kappa shape index (κ3) is 2.73. The van der Waals surface area contributed by atoms with Crippen LogP contribution in [0.4, 0.5) is 5.82 Å². The van der Waals surface area contributed by atoms with Crippen molar-refractivity contribution in [2.45, 2.75) is 6.92 Å². The number of hydrogen-bond acceptors (Lipinski definition) is 3. The van der Waals surface area contributed by atoms with E-state index in [9.17, 15) is 0 Å². The Labute approximate surface area is 128 Å². The van der Waals surface area contributed by atoms with Crippen LogP contribution in [0.5, 0.6) is 0 Å². The van der Waals surface area contributed by atoms with Crippen LogP contribution in [0.25, 0.3) is 22.6 Å². The van der Waals surface area contributed by atoms with Crippen molar-refractivity contribution in [2.75, 3.05) is 5.73 Å². The number of benzene rings is 2. The average molecular weight is 296 g/mol. The molecule has 1 heterocycles. The minimum atomic E-state index is 0.485. The van der Waals surface area contributed by atoms with Gasteiger partial charge in [0.05, 0.1) is 5.69 Å². The molecule has 0 unspecified atom stereocenters. The molecule has 2 N–H and O–H groups in total. The van der Waals surface area contributed by atoms with Crippen molar-refractivity contribution in [3.63, 3.8) is 0 Å². The highest BCUT2D eigenvalue weighted by Crippen LogP contribution is 2.28. The minimum Gasteiger partial charge on any atom is -0.383 e. The van der Waals surface area contributed by atoms with Crippen molar-refractivity contribution in [3.8, 4) is 22.6 Å². The summed E-state index contributed by atoms with van der Waals surface area (Å²) in [7, 11) is 0. The Balaban J connectivity index is 2.19. The second-order valence-corrected chi connectivity index (χ2v) is 5.22. The van der Waals surface area contributed by atoms with Crippen molar-refractivity contribution in [3.05, 3.63) is 65.2 Å². The van der Waals surface area contributed by atoms with Gasteiger partial charge in [0.1, 0.15) is 5.82 Å². The van der Waals surface area contributed by atoms with E-state index in [-0.39, 0.29) is 0 Å². The number of anilines is 1. The van der Waals surface area contributed by atoms with Crippen LogP contribution in [0.15, 0.2) is 54.6 Å². The average Bonchev–Trinajstić information content (AvgIpc) is 2.51.